The highest BCUT2D eigenvalue weighted by Gasteiger charge is 1.82. The third-order valence-corrected chi connectivity index (χ3v) is 0.972. The van der Waals surface area contributed by atoms with Crippen LogP contribution in [0.2, 0.25) is 0 Å². The molecule has 0 aliphatic rings. The molecular formula is C8H14O. The molecule has 0 aliphatic heterocycles. The lowest BCUT2D eigenvalue weighted by Crippen LogP contribution is -1.79. The van der Waals surface area contributed by atoms with Crippen LogP contribution in [0.3, 0.4) is 0 Å². The summed E-state index contributed by atoms with van der Waals surface area (Å²) in [6, 6.07) is 0. The molecule has 0 saturated heterocycles. The summed E-state index contributed by atoms with van der Waals surface area (Å²) in [5.41, 5.74) is 0. The van der Waals surface area contributed by atoms with Crippen molar-refractivity contribution in [3.05, 3.63) is 24.0 Å². The first-order valence-electron chi connectivity index (χ1n) is 3.22. The predicted octanol–water partition coefficient (Wildman–Crippen LogP) is 2.50. The van der Waals surface area contributed by atoms with E-state index in [1.165, 1.54) is 0 Å². The number of allylic oxidation sites excluding steroid dienone is 3. The van der Waals surface area contributed by atoms with Gasteiger partial charge in [-0.2, -0.15) is 0 Å². The zero-order valence-electron chi connectivity index (χ0n) is 6.35. The van der Waals surface area contributed by atoms with E-state index in [2.05, 4.69) is 6.92 Å². The Kier molecular flexibility index (Phi) is 4.98. The fraction of sp³-hybridized carbons (Fsp3) is 0.500. The fourth-order valence-corrected chi connectivity index (χ4v) is 0.585. The van der Waals surface area contributed by atoms with E-state index in [1.54, 1.807) is 7.11 Å². The monoisotopic (exact) mass is 126 g/mol. The summed E-state index contributed by atoms with van der Waals surface area (Å²) in [5, 5.41) is 0. The first-order chi connectivity index (χ1) is 4.35. The van der Waals surface area contributed by atoms with Crippen LogP contribution in [0.4, 0.5) is 0 Å². The molecule has 0 N–H and O–H groups in total. The van der Waals surface area contributed by atoms with Crippen LogP contribution >= 0.6 is 0 Å². The van der Waals surface area contributed by atoms with Crippen molar-refractivity contribution in [2.45, 2.75) is 20.3 Å². The zero-order chi connectivity index (χ0) is 7.11. The van der Waals surface area contributed by atoms with Crippen LogP contribution in [-0.4, -0.2) is 7.11 Å². The maximum Gasteiger partial charge on any atom is 0.114 e. The predicted molar refractivity (Wildman–Crippen MR) is 40.2 cm³/mol. The van der Waals surface area contributed by atoms with Gasteiger partial charge < -0.3 is 4.74 Å². The molecule has 0 fully saturated rings. The molecule has 52 valence electrons. The summed E-state index contributed by atoms with van der Waals surface area (Å²) < 4.78 is 5.01. The molecule has 0 unspecified atom stereocenters. The Morgan fingerprint density at radius 3 is 2.56 bits per heavy atom. The average Bonchev–Trinajstić information content (AvgIpc) is 1.88. The van der Waals surface area contributed by atoms with Gasteiger partial charge in [-0.05, 0) is 25.5 Å². The highest BCUT2D eigenvalue weighted by atomic mass is 16.5. The van der Waals surface area contributed by atoms with Crippen LogP contribution in [0.25, 0.3) is 0 Å². The first-order valence-corrected chi connectivity index (χ1v) is 3.22. The molecule has 0 aromatic carbocycles. The molecule has 0 heterocycles. The molecule has 0 saturated carbocycles. The molecule has 0 radical (unpaired) electrons. The minimum absolute atomic E-state index is 0.944. The summed E-state index contributed by atoms with van der Waals surface area (Å²) in [5.74, 6) is 0.944. The van der Waals surface area contributed by atoms with Crippen LogP contribution in [0.1, 0.15) is 20.3 Å². The average molecular weight is 126 g/mol. The molecule has 0 amide bonds. The largest absolute Gasteiger partial charge is 0.497 e. The van der Waals surface area contributed by atoms with Crippen molar-refractivity contribution >= 4 is 0 Å². The van der Waals surface area contributed by atoms with E-state index >= 15 is 0 Å². The smallest absolute Gasteiger partial charge is 0.114 e. The standard InChI is InChI=1S/C8H14O/c1-4-6-8(9-3)7-5-2/h4,6-7H,5H2,1-3H3. The molecule has 0 atom stereocenters. The summed E-state index contributed by atoms with van der Waals surface area (Å²) >= 11 is 0. The number of rotatable bonds is 3. The second-order valence-corrected chi connectivity index (χ2v) is 1.72. The van der Waals surface area contributed by atoms with Gasteiger partial charge in [0, 0.05) is 0 Å². The molecule has 0 aromatic rings. The third-order valence-electron chi connectivity index (χ3n) is 0.972. The maximum atomic E-state index is 5.01. The quantitative estimate of drug-likeness (QED) is 0.417. The van der Waals surface area contributed by atoms with Crippen molar-refractivity contribution in [3.8, 4) is 0 Å². The second-order valence-electron chi connectivity index (χ2n) is 1.72. The molecule has 9 heavy (non-hydrogen) atoms. The van der Waals surface area contributed by atoms with Crippen molar-refractivity contribution in [3.63, 3.8) is 0 Å². The van der Waals surface area contributed by atoms with Gasteiger partial charge in [-0.15, -0.1) is 0 Å². The molecule has 0 spiro atoms. The first kappa shape index (κ1) is 8.28. The van der Waals surface area contributed by atoms with Gasteiger partial charge in [0.1, 0.15) is 5.76 Å². The van der Waals surface area contributed by atoms with E-state index in [0.717, 1.165) is 12.2 Å². The van der Waals surface area contributed by atoms with Gasteiger partial charge in [0.05, 0.1) is 7.11 Å². The van der Waals surface area contributed by atoms with Crippen molar-refractivity contribution in [2.24, 2.45) is 0 Å². The highest BCUT2D eigenvalue weighted by molar-refractivity contribution is 5.10. The molecule has 0 bridgehead atoms. The van der Waals surface area contributed by atoms with Gasteiger partial charge in [0.15, 0.2) is 0 Å². The number of ether oxygens (including phenoxy) is 1. The van der Waals surface area contributed by atoms with Crippen LogP contribution in [0, 0.1) is 0 Å². The van der Waals surface area contributed by atoms with Crippen LogP contribution < -0.4 is 0 Å². The molecule has 0 rings (SSSR count). The molecule has 0 aliphatic carbocycles. The topological polar surface area (TPSA) is 9.23 Å². The van der Waals surface area contributed by atoms with Gasteiger partial charge in [-0.3, -0.25) is 0 Å². The van der Waals surface area contributed by atoms with Crippen molar-refractivity contribution in [2.75, 3.05) is 7.11 Å². The number of methoxy groups -OCH3 is 1. The highest BCUT2D eigenvalue weighted by Crippen LogP contribution is 1.98. The van der Waals surface area contributed by atoms with E-state index in [4.69, 9.17) is 4.74 Å². The van der Waals surface area contributed by atoms with E-state index in [1.807, 2.05) is 25.2 Å². The van der Waals surface area contributed by atoms with Crippen LogP contribution in [0.15, 0.2) is 24.0 Å². The summed E-state index contributed by atoms with van der Waals surface area (Å²) in [6.07, 6.45) is 6.97. The normalized spacial score (nSPS) is 12.6. The summed E-state index contributed by atoms with van der Waals surface area (Å²) in [7, 11) is 1.68. The lowest BCUT2D eigenvalue weighted by molar-refractivity contribution is 0.305. The molecule has 1 nitrogen and oxygen atoms in total. The SMILES string of the molecule is CC=CC(=CCC)OC. The Morgan fingerprint density at radius 2 is 2.22 bits per heavy atom. The lowest BCUT2D eigenvalue weighted by Gasteiger charge is -1.96. The Morgan fingerprint density at radius 1 is 1.56 bits per heavy atom. The van der Waals surface area contributed by atoms with E-state index in [-0.39, 0.29) is 0 Å². The molecule has 0 aromatic heterocycles. The van der Waals surface area contributed by atoms with E-state index in [9.17, 15) is 0 Å². The van der Waals surface area contributed by atoms with Crippen LogP contribution in [0.5, 0.6) is 0 Å². The molecular weight excluding hydrogens is 112 g/mol. The van der Waals surface area contributed by atoms with Crippen LogP contribution in [-0.2, 0) is 4.74 Å². The third kappa shape index (κ3) is 3.83. The minimum atomic E-state index is 0.944. The Hall–Kier alpha value is -0.720. The van der Waals surface area contributed by atoms with Gasteiger partial charge in [0.2, 0.25) is 0 Å². The number of hydrogen-bond donors (Lipinski definition) is 0. The van der Waals surface area contributed by atoms with Gasteiger partial charge in [-0.25, -0.2) is 0 Å². The zero-order valence-corrected chi connectivity index (χ0v) is 6.35. The van der Waals surface area contributed by atoms with E-state index < -0.39 is 0 Å². The van der Waals surface area contributed by atoms with Crippen molar-refractivity contribution < 1.29 is 4.74 Å². The summed E-state index contributed by atoms with van der Waals surface area (Å²) in [6.45, 7) is 4.06. The fourth-order valence-electron chi connectivity index (χ4n) is 0.585. The second kappa shape index (κ2) is 5.42. The Labute approximate surface area is 57.0 Å². The minimum Gasteiger partial charge on any atom is -0.497 e. The van der Waals surface area contributed by atoms with E-state index in [0.29, 0.717) is 0 Å². The summed E-state index contributed by atoms with van der Waals surface area (Å²) in [4.78, 5) is 0. The Balaban J connectivity index is 3.81. The maximum absolute atomic E-state index is 5.01. The Bertz CT molecular complexity index is 112. The van der Waals surface area contributed by atoms with Gasteiger partial charge >= 0.3 is 0 Å². The van der Waals surface area contributed by atoms with Crippen molar-refractivity contribution in [1.29, 1.82) is 0 Å². The lowest BCUT2D eigenvalue weighted by atomic mass is 10.3. The van der Waals surface area contributed by atoms with Gasteiger partial charge in [0.25, 0.3) is 0 Å². The molecule has 1 heteroatoms. The van der Waals surface area contributed by atoms with Gasteiger partial charge in [-0.1, -0.05) is 13.0 Å². The number of hydrogen-bond acceptors (Lipinski definition) is 1. The van der Waals surface area contributed by atoms with Crippen molar-refractivity contribution in [1.82, 2.24) is 0 Å².